The summed E-state index contributed by atoms with van der Waals surface area (Å²) < 4.78 is 1.18. The van der Waals surface area contributed by atoms with Gasteiger partial charge in [0, 0.05) is 35.6 Å². The van der Waals surface area contributed by atoms with Gasteiger partial charge in [0.05, 0.1) is 11.6 Å². The summed E-state index contributed by atoms with van der Waals surface area (Å²) in [6.07, 6.45) is 0. The lowest BCUT2D eigenvalue weighted by molar-refractivity contribution is 0.0683. The van der Waals surface area contributed by atoms with Crippen molar-refractivity contribution in [2.45, 2.75) is 6.04 Å². The van der Waals surface area contributed by atoms with Gasteiger partial charge in [-0.3, -0.25) is 4.79 Å². The number of amides is 1. The molecule has 0 bridgehead atoms. The van der Waals surface area contributed by atoms with Gasteiger partial charge in [0.15, 0.2) is 0 Å². The van der Waals surface area contributed by atoms with Crippen molar-refractivity contribution in [1.82, 2.24) is 10.2 Å². The predicted octanol–water partition coefficient (Wildman–Crippen LogP) is 1.95. The van der Waals surface area contributed by atoms with Gasteiger partial charge in [0.25, 0.3) is 5.91 Å². The van der Waals surface area contributed by atoms with E-state index in [-0.39, 0.29) is 5.91 Å². The smallest absolute Gasteiger partial charge is 0.255 e. The highest BCUT2D eigenvalue weighted by Crippen LogP contribution is 2.27. The van der Waals surface area contributed by atoms with Gasteiger partial charge in [-0.15, -0.1) is 11.3 Å². The molecule has 4 heteroatoms. The number of thiophene rings is 1. The number of rotatable bonds is 2. The largest absolute Gasteiger partial charge is 0.336 e. The highest BCUT2D eigenvalue weighted by Gasteiger charge is 2.27. The van der Waals surface area contributed by atoms with E-state index in [0.717, 1.165) is 24.0 Å². The summed E-state index contributed by atoms with van der Waals surface area (Å²) in [5, 5.41) is 6.23. The minimum atomic E-state index is 0.133. The molecule has 3 nitrogen and oxygen atoms in total. The number of likely N-dealkylation sites (N-methyl/N-ethyl adjacent to an activating group) is 1. The monoisotopic (exact) mass is 246 g/mol. The fourth-order valence-electron chi connectivity index (χ4n) is 2.05. The average molecular weight is 246 g/mol. The Kier molecular flexibility index (Phi) is 2.61. The Morgan fingerprint density at radius 2 is 2.18 bits per heavy atom. The molecule has 88 valence electrons. The van der Waals surface area contributed by atoms with Gasteiger partial charge in [-0.1, -0.05) is 18.2 Å². The van der Waals surface area contributed by atoms with E-state index in [9.17, 15) is 4.79 Å². The van der Waals surface area contributed by atoms with Crippen molar-refractivity contribution in [1.29, 1.82) is 0 Å². The molecule has 1 aliphatic heterocycles. The van der Waals surface area contributed by atoms with Gasteiger partial charge in [-0.2, -0.15) is 0 Å². The van der Waals surface area contributed by atoms with Crippen molar-refractivity contribution in [3.63, 3.8) is 0 Å². The quantitative estimate of drug-likeness (QED) is 0.878. The van der Waals surface area contributed by atoms with Crippen LogP contribution < -0.4 is 5.32 Å². The standard InChI is InChI=1S/C13H14N2OS/c1-15(9-6-14-7-9)13(16)11-8-17-12-5-3-2-4-10(11)12/h2-5,8-9,14H,6-7H2,1H3. The summed E-state index contributed by atoms with van der Waals surface area (Å²) >= 11 is 1.63. The van der Waals surface area contributed by atoms with Crippen LogP contribution in [0.2, 0.25) is 0 Å². The van der Waals surface area contributed by atoms with Gasteiger partial charge in [0.1, 0.15) is 0 Å². The van der Waals surface area contributed by atoms with Crippen molar-refractivity contribution >= 4 is 27.3 Å². The zero-order chi connectivity index (χ0) is 11.8. The zero-order valence-electron chi connectivity index (χ0n) is 9.64. The molecule has 3 rings (SSSR count). The molecule has 0 unspecified atom stereocenters. The number of carbonyl (C=O) groups is 1. The Morgan fingerprint density at radius 3 is 2.88 bits per heavy atom. The Bertz CT molecular complexity index is 559. The second-order valence-electron chi connectivity index (χ2n) is 4.37. The van der Waals surface area contributed by atoms with E-state index in [1.54, 1.807) is 11.3 Å². The summed E-state index contributed by atoms with van der Waals surface area (Å²) in [6, 6.07) is 8.41. The van der Waals surface area contributed by atoms with E-state index in [0.29, 0.717) is 6.04 Å². The van der Waals surface area contributed by atoms with E-state index >= 15 is 0 Å². The number of hydrogen-bond acceptors (Lipinski definition) is 3. The summed E-state index contributed by atoms with van der Waals surface area (Å²) in [5.74, 6) is 0.133. The van der Waals surface area contributed by atoms with Gasteiger partial charge < -0.3 is 10.2 Å². The van der Waals surface area contributed by atoms with E-state index in [2.05, 4.69) is 11.4 Å². The number of hydrogen-bond donors (Lipinski definition) is 1. The molecule has 1 aliphatic rings. The maximum atomic E-state index is 12.4. The van der Waals surface area contributed by atoms with Crippen LogP contribution in [0.4, 0.5) is 0 Å². The molecule has 2 aromatic rings. The minimum Gasteiger partial charge on any atom is -0.336 e. The summed E-state index contributed by atoms with van der Waals surface area (Å²) in [5.41, 5.74) is 0.833. The fraction of sp³-hybridized carbons (Fsp3) is 0.308. The first-order valence-electron chi connectivity index (χ1n) is 5.71. The van der Waals surface area contributed by atoms with Crippen LogP contribution >= 0.6 is 11.3 Å². The van der Waals surface area contributed by atoms with E-state index < -0.39 is 0 Å². The van der Waals surface area contributed by atoms with Crippen LogP contribution in [0.3, 0.4) is 0 Å². The van der Waals surface area contributed by atoms with Gasteiger partial charge in [0.2, 0.25) is 0 Å². The number of fused-ring (bicyclic) bond motifs is 1. The van der Waals surface area contributed by atoms with Crippen LogP contribution in [-0.2, 0) is 0 Å². The third-order valence-electron chi connectivity index (χ3n) is 3.34. The van der Waals surface area contributed by atoms with E-state index in [1.165, 1.54) is 4.70 Å². The fourth-order valence-corrected chi connectivity index (χ4v) is 2.98. The zero-order valence-corrected chi connectivity index (χ0v) is 10.5. The topological polar surface area (TPSA) is 32.3 Å². The second kappa shape index (κ2) is 4.13. The number of nitrogens with zero attached hydrogens (tertiary/aromatic N) is 1. The Hall–Kier alpha value is -1.39. The van der Waals surface area contributed by atoms with Crippen LogP contribution in [-0.4, -0.2) is 37.0 Å². The molecule has 0 spiro atoms. The molecule has 0 saturated carbocycles. The summed E-state index contributed by atoms with van der Waals surface area (Å²) in [6.45, 7) is 1.81. The highest BCUT2D eigenvalue weighted by molar-refractivity contribution is 7.17. The van der Waals surface area contributed by atoms with Crippen LogP contribution in [0.15, 0.2) is 29.6 Å². The van der Waals surface area contributed by atoms with Crippen molar-refractivity contribution in [3.05, 3.63) is 35.2 Å². The third-order valence-corrected chi connectivity index (χ3v) is 4.30. The van der Waals surface area contributed by atoms with Crippen LogP contribution in [0.1, 0.15) is 10.4 Å². The predicted molar refractivity (Wildman–Crippen MR) is 70.6 cm³/mol. The van der Waals surface area contributed by atoms with Crippen LogP contribution in [0, 0.1) is 0 Å². The lowest BCUT2D eigenvalue weighted by atomic mass is 10.1. The second-order valence-corrected chi connectivity index (χ2v) is 5.28. The summed E-state index contributed by atoms with van der Waals surface area (Å²) in [7, 11) is 1.89. The van der Waals surface area contributed by atoms with Crippen molar-refractivity contribution < 1.29 is 4.79 Å². The molecule has 0 atom stereocenters. The molecule has 1 aromatic heterocycles. The minimum absolute atomic E-state index is 0.133. The van der Waals surface area contributed by atoms with Gasteiger partial charge in [-0.05, 0) is 6.07 Å². The molecule has 1 N–H and O–H groups in total. The normalized spacial score (nSPS) is 15.8. The van der Waals surface area contributed by atoms with Crippen molar-refractivity contribution in [3.8, 4) is 0 Å². The first kappa shape index (κ1) is 10.7. The first-order valence-corrected chi connectivity index (χ1v) is 6.59. The average Bonchev–Trinajstić information content (AvgIpc) is 2.69. The molecular weight excluding hydrogens is 232 g/mol. The molecular formula is C13H14N2OS. The number of carbonyl (C=O) groups excluding carboxylic acids is 1. The lowest BCUT2D eigenvalue weighted by Crippen LogP contribution is -2.57. The SMILES string of the molecule is CN(C(=O)c1csc2ccccc12)C1CNC1. The molecule has 0 radical (unpaired) electrons. The van der Waals surface area contributed by atoms with Crippen molar-refractivity contribution in [2.75, 3.05) is 20.1 Å². The molecule has 2 heterocycles. The van der Waals surface area contributed by atoms with E-state index in [1.807, 2.05) is 35.5 Å². The molecule has 17 heavy (non-hydrogen) atoms. The summed E-state index contributed by atoms with van der Waals surface area (Å²) in [4.78, 5) is 14.2. The number of benzene rings is 1. The van der Waals surface area contributed by atoms with E-state index in [4.69, 9.17) is 0 Å². The molecule has 1 amide bonds. The first-order chi connectivity index (χ1) is 8.27. The molecule has 0 aliphatic carbocycles. The van der Waals surface area contributed by atoms with Gasteiger partial charge >= 0.3 is 0 Å². The molecule has 1 saturated heterocycles. The number of nitrogens with one attached hydrogen (secondary N) is 1. The van der Waals surface area contributed by atoms with Gasteiger partial charge in [-0.25, -0.2) is 0 Å². The Labute approximate surface area is 104 Å². The Balaban J connectivity index is 1.95. The maximum absolute atomic E-state index is 12.4. The highest BCUT2D eigenvalue weighted by atomic mass is 32.1. The third kappa shape index (κ3) is 1.73. The lowest BCUT2D eigenvalue weighted by Gasteiger charge is -2.35. The molecule has 1 fully saturated rings. The maximum Gasteiger partial charge on any atom is 0.255 e. The Morgan fingerprint density at radius 1 is 1.41 bits per heavy atom. The van der Waals surface area contributed by atoms with Crippen molar-refractivity contribution in [2.24, 2.45) is 0 Å². The van der Waals surface area contributed by atoms with Crippen LogP contribution in [0.5, 0.6) is 0 Å². The molecule has 1 aromatic carbocycles. The van der Waals surface area contributed by atoms with Crippen LogP contribution in [0.25, 0.3) is 10.1 Å².